The molecule has 0 spiro atoms. The minimum atomic E-state index is -0.233. The summed E-state index contributed by atoms with van der Waals surface area (Å²) in [6.07, 6.45) is 8.33. The number of esters is 3. The zero-order chi connectivity index (χ0) is 23.5. The molecule has 0 radical (unpaired) electrons. The first-order valence-corrected chi connectivity index (χ1v) is 12.5. The van der Waals surface area contributed by atoms with E-state index in [2.05, 4.69) is 6.92 Å². The standard InChI is InChI=1S/C25H42O7/c1-5-7-18(4)31-24(27)19-10-14-22(15-11-19)32-25(28)20-8-12-21(13-9-20)29-16-30-23(26)17(3)6-2/h17-22H,5-16H2,1-4H3. The van der Waals surface area contributed by atoms with Crippen LogP contribution in [0.25, 0.3) is 0 Å². The van der Waals surface area contributed by atoms with Gasteiger partial charge in [0.2, 0.25) is 0 Å². The largest absolute Gasteiger partial charge is 0.462 e. The van der Waals surface area contributed by atoms with E-state index in [9.17, 15) is 14.4 Å². The maximum absolute atomic E-state index is 12.6. The topological polar surface area (TPSA) is 88.1 Å². The van der Waals surface area contributed by atoms with Crippen molar-refractivity contribution >= 4 is 17.9 Å². The van der Waals surface area contributed by atoms with E-state index >= 15 is 0 Å². The molecule has 0 N–H and O–H groups in total. The van der Waals surface area contributed by atoms with Crippen molar-refractivity contribution in [3.63, 3.8) is 0 Å². The molecule has 7 nitrogen and oxygen atoms in total. The molecule has 2 atom stereocenters. The van der Waals surface area contributed by atoms with E-state index in [4.69, 9.17) is 18.9 Å². The van der Waals surface area contributed by atoms with E-state index in [1.165, 1.54) is 0 Å². The molecule has 0 aromatic carbocycles. The van der Waals surface area contributed by atoms with Gasteiger partial charge in [0.25, 0.3) is 0 Å². The van der Waals surface area contributed by atoms with Gasteiger partial charge >= 0.3 is 17.9 Å². The maximum Gasteiger partial charge on any atom is 0.310 e. The normalized spacial score (nSPS) is 27.8. The molecule has 2 fully saturated rings. The van der Waals surface area contributed by atoms with Crippen LogP contribution in [-0.4, -0.2) is 43.0 Å². The van der Waals surface area contributed by atoms with E-state index < -0.39 is 0 Å². The fraction of sp³-hybridized carbons (Fsp3) is 0.880. The number of rotatable bonds is 11. The van der Waals surface area contributed by atoms with Gasteiger partial charge in [-0.25, -0.2) is 0 Å². The number of hydrogen-bond acceptors (Lipinski definition) is 7. The van der Waals surface area contributed by atoms with Crippen LogP contribution in [0.5, 0.6) is 0 Å². The maximum atomic E-state index is 12.6. The van der Waals surface area contributed by atoms with Crippen LogP contribution < -0.4 is 0 Å². The van der Waals surface area contributed by atoms with Crippen LogP contribution >= 0.6 is 0 Å². The Labute approximate surface area is 192 Å². The van der Waals surface area contributed by atoms with Crippen molar-refractivity contribution in [3.05, 3.63) is 0 Å². The van der Waals surface area contributed by atoms with Crippen molar-refractivity contribution in [3.8, 4) is 0 Å². The van der Waals surface area contributed by atoms with Crippen molar-refractivity contribution in [2.24, 2.45) is 17.8 Å². The molecule has 2 rings (SSSR count). The third-order valence-corrected chi connectivity index (χ3v) is 6.83. The Bertz CT molecular complexity index is 589. The SMILES string of the molecule is CCCC(C)OC(=O)C1CCC(OC(=O)C2CCC(OCOC(=O)C(C)CC)CC2)CC1. The van der Waals surface area contributed by atoms with Crippen LogP contribution in [0, 0.1) is 17.8 Å². The highest BCUT2D eigenvalue weighted by atomic mass is 16.7. The van der Waals surface area contributed by atoms with Crippen LogP contribution in [0.4, 0.5) is 0 Å². The molecular weight excluding hydrogens is 412 g/mol. The van der Waals surface area contributed by atoms with Crippen LogP contribution in [0.15, 0.2) is 0 Å². The monoisotopic (exact) mass is 454 g/mol. The molecule has 184 valence electrons. The minimum Gasteiger partial charge on any atom is -0.462 e. The fourth-order valence-electron chi connectivity index (χ4n) is 4.40. The molecule has 0 amide bonds. The molecule has 0 aliphatic heterocycles. The Morgan fingerprint density at radius 2 is 1.38 bits per heavy atom. The van der Waals surface area contributed by atoms with Crippen LogP contribution in [0.3, 0.4) is 0 Å². The van der Waals surface area contributed by atoms with Gasteiger partial charge in [0.05, 0.1) is 30.0 Å². The van der Waals surface area contributed by atoms with Crippen molar-refractivity contribution in [2.75, 3.05) is 6.79 Å². The summed E-state index contributed by atoms with van der Waals surface area (Å²) in [5.41, 5.74) is 0. The van der Waals surface area contributed by atoms with E-state index in [1.54, 1.807) is 0 Å². The molecule has 7 heteroatoms. The third kappa shape index (κ3) is 8.72. The zero-order valence-corrected chi connectivity index (χ0v) is 20.3. The lowest BCUT2D eigenvalue weighted by atomic mass is 9.86. The summed E-state index contributed by atoms with van der Waals surface area (Å²) in [4.78, 5) is 36.6. The highest BCUT2D eigenvalue weighted by Crippen LogP contribution is 2.31. The van der Waals surface area contributed by atoms with E-state index in [-0.39, 0.29) is 60.8 Å². The second kappa shape index (κ2) is 13.8. The molecule has 0 heterocycles. The lowest BCUT2D eigenvalue weighted by molar-refractivity contribution is -0.168. The van der Waals surface area contributed by atoms with Gasteiger partial charge in [0.15, 0.2) is 6.79 Å². The van der Waals surface area contributed by atoms with Gasteiger partial charge in [0.1, 0.15) is 6.10 Å². The second-order valence-corrected chi connectivity index (χ2v) is 9.48. The smallest absolute Gasteiger partial charge is 0.310 e. The Morgan fingerprint density at radius 1 is 0.812 bits per heavy atom. The molecule has 2 aliphatic rings. The number of hydrogen-bond donors (Lipinski definition) is 0. The fourth-order valence-corrected chi connectivity index (χ4v) is 4.40. The zero-order valence-electron chi connectivity index (χ0n) is 20.3. The molecule has 0 bridgehead atoms. The van der Waals surface area contributed by atoms with Gasteiger partial charge in [-0.3, -0.25) is 14.4 Å². The summed E-state index contributed by atoms with van der Waals surface area (Å²) < 4.78 is 22.1. The van der Waals surface area contributed by atoms with Crippen LogP contribution in [0.2, 0.25) is 0 Å². The number of carbonyl (C=O) groups is 3. The van der Waals surface area contributed by atoms with Gasteiger partial charge in [-0.1, -0.05) is 27.2 Å². The molecule has 32 heavy (non-hydrogen) atoms. The second-order valence-electron chi connectivity index (χ2n) is 9.48. The first kappa shape index (κ1) is 26.6. The highest BCUT2D eigenvalue weighted by molar-refractivity contribution is 5.74. The van der Waals surface area contributed by atoms with Gasteiger partial charge < -0.3 is 18.9 Å². The molecule has 0 saturated heterocycles. The van der Waals surface area contributed by atoms with Crippen LogP contribution in [-0.2, 0) is 33.3 Å². The Balaban J connectivity index is 1.61. The van der Waals surface area contributed by atoms with Crippen molar-refractivity contribution in [2.45, 2.75) is 117 Å². The van der Waals surface area contributed by atoms with E-state index in [0.29, 0.717) is 25.7 Å². The molecular formula is C25H42O7. The van der Waals surface area contributed by atoms with Crippen LogP contribution in [0.1, 0.15) is 98.3 Å². The summed E-state index contributed by atoms with van der Waals surface area (Å²) >= 11 is 0. The summed E-state index contributed by atoms with van der Waals surface area (Å²) in [5, 5.41) is 0. The molecule has 2 saturated carbocycles. The number of carbonyl (C=O) groups excluding carboxylic acids is 3. The first-order valence-electron chi connectivity index (χ1n) is 12.5. The van der Waals surface area contributed by atoms with Gasteiger partial charge in [-0.05, 0) is 71.1 Å². The van der Waals surface area contributed by atoms with Crippen molar-refractivity contribution in [1.82, 2.24) is 0 Å². The summed E-state index contributed by atoms with van der Waals surface area (Å²) in [7, 11) is 0. The molecule has 2 aliphatic carbocycles. The van der Waals surface area contributed by atoms with Crippen molar-refractivity contribution in [1.29, 1.82) is 0 Å². The Morgan fingerprint density at radius 3 is 1.94 bits per heavy atom. The highest BCUT2D eigenvalue weighted by Gasteiger charge is 2.33. The molecule has 2 unspecified atom stereocenters. The average Bonchev–Trinajstić information content (AvgIpc) is 2.79. The summed E-state index contributed by atoms with van der Waals surface area (Å²) in [6, 6.07) is 0. The van der Waals surface area contributed by atoms with Gasteiger partial charge in [-0.2, -0.15) is 0 Å². The average molecular weight is 455 g/mol. The predicted molar refractivity (Wildman–Crippen MR) is 120 cm³/mol. The lowest BCUT2D eigenvalue weighted by Crippen LogP contribution is -2.33. The predicted octanol–water partition coefficient (Wildman–Crippen LogP) is 4.94. The molecule has 0 aromatic rings. The lowest BCUT2D eigenvalue weighted by Gasteiger charge is -2.31. The molecule has 0 aromatic heterocycles. The summed E-state index contributed by atoms with van der Waals surface area (Å²) in [5.74, 6) is -0.767. The van der Waals surface area contributed by atoms with Crippen molar-refractivity contribution < 1.29 is 33.3 Å². The van der Waals surface area contributed by atoms with Gasteiger partial charge in [0, 0.05) is 0 Å². The van der Waals surface area contributed by atoms with Gasteiger partial charge in [-0.15, -0.1) is 0 Å². The Kier molecular flexibility index (Phi) is 11.5. The minimum absolute atomic E-state index is 0.0142. The Hall–Kier alpha value is -1.63. The number of ether oxygens (including phenoxy) is 4. The van der Waals surface area contributed by atoms with E-state index in [1.807, 2.05) is 20.8 Å². The summed E-state index contributed by atoms with van der Waals surface area (Å²) in [6.45, 7) is 7.78. The van der Waals surface area contributed by atoms with E-state index in [0.717, 1.165) is 44.9 Å². The first-order chi connectivity index (χ1) is 15.3. The quantitative estimate of drug-likeness (QED) is 0.248. The third-order valence-electron chi connectivity index (χ3n) is 6.83.